The molecular weight excluding hydrogens is 336 g/mol. The van der Waals surface area contributed by atoms with Gasteiger partial charge in [-0.1, -0.05) is 12.1 Å². The van der Waals surface area contributed by atoms with Gasteiger partial charge in [0.2, 0.25) is 0 Å². The first-order valence-corrected chi connectivity index (χ1v) is 9.88. The summed E-state index contributed by atoms with van der Waals surface area (Å²) < 4.78 is 0. The fraction of sp³-hybridized carbons (Fsp3) is 0.429. The van der Waals surface area contributed by atoms with Crippen molar-refractivity contribution in [2.45, 2.75) is 6.54 Å². The fourth-order valence-corrected chi connectivity index (χ4v) is 3.70. The van der Waals surface area contributed by atoms with Gasteiger partial charge in [-0.15, -0.1) is 0 Å². The molecule has 0 atom stereocenters. The highest BCUT2D eigenvalue weighted by atomic mass is 15.2. The summed E-state index contributed by atoms with van der Waals surface area (Å²) in [6.45, 7) is 9.09. The number of pyridine rings is 2. The smallest absolute Gasteiger partial charge is 0.0967 e. The summed E-state index contributed by atoms with van der Waals surface area (Å²) in [5, 5.41) is 12.9. The molecule has 1 aliphatic heterocycles. The van der Waals surface area contributed by atoms with Crippen LogP contribution in [0.25, 0.3) is 21.8 Å². The summed E-state index contributed by atoms with van der Waals surface area (Å²) in [6, 6.07) is 10.6. The molecular formula is C21H28N6. The molecule has 0 amide bonds. The lowest BCUT2D eigenvalue weighted by Crippen LogP contribution is -2.41. The normalized spacial score (nSPS) is 18.2. The molecule has 0 unspecified atom stereocenters. The van der Waals surface area contributed by atoms with Crippen molar-refractivity contribution < 1.29 is 0 Å². The lowest BCUT2D eigenvalue weighted by Gasteiger charge is -2.24. The Hall–Kier alpha value is -2.12. The largest absolute Gasteiger partial charge is 0.314 e. The molecule has 3 aromatic rings. The average Bonchev–Trinajstić information content (AvgIpc) is 2.70. The van der Waals surface area contributed by atoms with Crippen molar-refractivity contribution in [1.82, 2.24) is 30.8 Å². The molecule has 4 rings (SSSR count). The second kappa shape index (κ2) is 9.19. The highest BCUT2D eigenvalue weighted by Gasteiger charge is 2.12. The number of aromatic nitrogens is 2. The molecule has 1 aromatic carbocycles. The predicted molar refractivity (Wildman–Crippen MR) is 111 cm³/mol. The molecule has 3 N–H and O–H groups in total. The molecule has 0 bridgehead atoms. The number of fused-ring (bicyclic) bond motifs is 3. The summed E-state index contributed by atoms with van der Waals surface area (Å²) >= 11 is 0. The first kappa shape index (κ1) is 18.3. The van der Waals surface area contributed by atoms with Crippen LogP contribution in [-0.2, 0) is 6.54 Å². The van der Waals surface area contributed by atoms with Gasteiger partial charge in [-0.05, 0) is 23.8 Å². The highest BCUT2D eigenvalue weighted by molar-refractivity contribution is 6.04. The fourth-order valence-electron chi connectivity index (χ4n) is 3.70. The van der Waals surface area contributed by atoms with Gasteiger partial charge in [-0.2, -0.15) is 0 Å². The maximum atomic E-state index is 4.63. The molecule has 0 spiro atoms. The molecule has 6 heteroatoms. The van der Waals surface area contributed by atoms with Crippen molar-refractivity contribution >= 4 is 21.8 Å². The number of hydrogen-bond acceptors (Lipinski definition) is 6. The molecule has 3 heterocycles. The molecule has 142 valence electrons. The second-order valence-electron chi connectivity index (χ2n) is 7.04. The van der Waals surface area contributed by atoms with Crippen LogP contribution in [0.1, 0.15) is 5.56 Å². The molecule has 0 aliphatic carbocycles. The Balaban J connectivity index is 1.59. The van der Waals surface area contributed by atoms with Crippen LogP contribution in [0.2, 0.25) is 0 Å². The third-order valence-electron chi connectivity index (χ3n) is 5.11. The molecule has 2 aromatic heterocycles. The number of hydrogen-bond donors (Lipinski definition) is 3. The summed E-state index contributed by atoms with van der Waals surface area (Å²) in [5.41, 5.74) is 3.32. The van der Waals surface area contributed by atoms with Crippen LogP contribution in [0.5, 0.6) is 0 Å². The van der Waals surface area contributed by atoms with E-state index >= 15 is 0 Å². The summed E-state index contributed by atoms with van der Waals surface area (Å²) in [4.78, 5) is 11.7. The van der Waals surface area contributed by atoms with E-state index in [9.17, 15) is 0 Å². The van der Waals surface area contributed by atoms with Gasteiger partial charge in [0.05, 0.1) is 11.0 Å². The zero-order valence-corrected chi connectivity index (χ0v) is 15.7. The Morgan fingerprint density at radius 3 is 2.15 bits per heavy atom. The third kappa shape index (κ3) is 4.59. The minimum Gasteiger partial charge on any atom is -0.314 e. The van der Waals surface area contributed by atoms with Crippen molar-refractivity contribution in [3.8, 4) is 0 Å². The topological polar surface area (TPSA) is 65.1 Å². The van der Waals surface area contributed by atoms with E-state index in [4.69, 9.17) is 0 Å². The van der Waals surface area contributed by atoms with Gasteiger partial charge in [0.25, 0.3) is 0 Å². The number of benzene rings is 1. The Kier molecular flexibility index (Phi) is 6.21. The summed E-state index contributed by atoms with van der Waals surface area (Å²) in [6.07, 6.45) is 3.71. The SMILES string of the molecule is c1cnc2c(c1)cc(CN1CCNCCNCCNCC1)c1cccnc12. The summed E-state index contributed by atoms with van der Waals surface area (Å²) in [5.74, 6) is 0. The van der Waals surface area contributed by atoms with Gasteiger partial charge in [-0.3, -0.25) is 14.9 Å². The zero-order chi connectivity index (χ0) is 18.3. The van der Waals surface area contributed by atoms with Crippen molar-refractivity contribution in [2.75, 3.05) is 52.4 Å². The van der Waals surface area contributed by atoms with Crippen LogP contribution in [-0.4, -0.2) is 67.2 Å². The van der Waals surface area contributed by atoms with Gasteiger partial charge >= 0.3 is 0 Å². The van der Waals surface area contributed by atoms with Crippen LogP contribution in [0.3, 0.4) is 0 Å². The molecule has 27 heavy (non-hydrogen) atoms. The van der Waals surface area contributed by atoms with Crippen molar-refractivity contribution in [1.29, 1.82) is 0 Å². The van der Waals surface area contributed by atoms with E-state index < -0.39 is 0 Å². The Morgan fingerprint density at radius 2 is 1.41 bits per heavy atom. The molecule has 0 radical (unpaired) electrons. The minimum absolute atomic E-state index is 0.925. The van der Waals surface area contributed by atoms with Gasteiger partial charge in [0.1, 0.15) is 0 Å². The Bertz CT molecular complexity index is 869. The molecule has 1 aliphatic rings. The number of nitrogens with one attached hydrogen (secondary N) is 3. The van der Waals surface area contributed by atoms with Crippen molar-refractivity contribution in [3.05, 3.63) is 48.3 Å². The highest BCUT2D eigenvalue weighted by Crippen LogP contribution is 2.26. The first-order valence-electron chi connectivity index (χ1n) is 9.88. The van der Waals surface area contributed by atoms with Crippen LogP contribution in [0.15, 0.2) is 42.7 Å². The Morgan fingerprint density at radius 1 is 0.778 bits per heavy atom. The second-order valence-corrected chi connectivity index (χ2v) is 7.04. The van der Waals surface area contributed by atoms with E-state index in [0.29, 0.717) is 0 Å². The van der Waals surface area contributed by atoms with Crippen molar-refractivity contribution in [3.63, 3.8) is 0 Å². The van der Waals surface area contributed by atoms with Crippen LogP contribution in [0, 0.1) is 0 Å². The van der Waals surface area contributed by atoms with Crippen molar-refractivity contribution in [2.24, 2.45) is 0 Å². The van der Waals surface area contributed by atoms with Crippen LogP contribution < -0.4 is 16.0 Å². The van der Waals surface area contributed by atoms with Gasteiger partial charge in [0.15, 0.2) is 0 Å². The standard InChI is InChI=1S/C21H28N6/c1-3-17-15-18(19-4-2-6-26-21(19)20(17)25-5-1)16-27-13-11-23-9-7-22-8-10-24-12-14-27/h1-6,15,22-24H,7-14,16H2. The van der Waals surface area contributed by atoms with E-state index in [1.165, 1.54) is 10.9 Å². The van der Waals surface area contributed by atoms with Crippen LogP contribution in [0.4, 0.5) is 0 Å². The zero-order valence-electron chi connectivity index (χ0n) is 15.7. The van der Waals surface area contributed by atoms with E-state index in [0.717, 1.165) is 75.3 Å². The predicted octanol–water partition coefficient (Wildman–Crippen LogP) is 1.37. The van der Waals surface area contributed by atoms with Crippen LogP contribution >= 0.6 is 0 Å². The van der Waals surface area contributed by atoms with Gasteiger partial charge < -0.3 is 16.0 Å². The monoisotopic (exact) mass is 364 g/mol. The average molecular weight is 364 g/mol. The summed E-state index contributed by atoms with van der Waals surface area (Å²) in [7, 11) is 0. The molecule has 0 saturated carbocycles. The molecule has 1 fully saturated rings. The van der Waals surface area contributed by atoms with E-state index in [1.54, 1.807) is 0 Å². The van der Waals surface area contributed by atoms with E-state index in [-0.39, 0.29) is 0 Å². The Labute approximate surface area is 160 Å². The lowest BCUT2D eigenvalue weighted by molar-refractivity contribution is 0.264. The lowest BCUT2D eigenvalue weighted by atomic mass is 10.0. The maximum Gasteiger partial charge on any atom is 0.0967 e. The van der Waals surface area contributed by atoms with E-state index in [2.05, 4.69) is 49.0 Å². The van der Waals surface area contributed by atoms with Gasteiger partial charge in [-0.25, -0.2) is 0 Å². The quantitative estimate of drug-likeness (QED) is 0.597. The molecule has 1 saturated heterocycles. The number of nitrogens with zero attached hydrogens (tertiary/aromatic N) is 3. The number of rotatable bonds is 2. The first-order chi connectivity index (χ1) is 13.4. The third-order valence-corrected chi connectivity index (χ3v) is 5.11. The maximum absolute atomic E-state index is 4.63. The minimum atomic E-state index is 0.925. The van der Waals surface area contributed by atoms with Gasteiger partial charge in [0, 0.05) is 82.1 Å². The van der Waals surface area contributed by atoms with E-state index in [1.807, 2.05) is 24.5 Å². The molecule has 6 nitrogen and oxygen atoms in total.